The SMILES string of the molecule is Cn1nnnc1SCCCNCCC=O. The van der Waals surface area contributed by atoms with Crippen molar-refractivity contribution < 1.29 is 4.79 Å². The standard InChI is InChI=1S/C8H15N5OS/c1-13-8(10-11-12-13)15-7-3-5-9-4-2-6-14/h6,9H,2-5,7H2,1H3. The summed E-state index contributed by atoms with van der Waals surface area (Å²) in [6.45, 7) is 1.69. The van der Waals surface area contributed by atoms with Crippen molar-refractivity contribution in [3.05, 3.63) is 0 Å². The van der Waals surface area contributed by atoms with Crippen LogP contribution in [0.15, 0.2) is 5.16 Å². The van der Waals surface area contributed by atoms with Gasteiger partial charge in [-0.05, 0) is 23.4 Å². The first-order chi connectivity index (χ1) is 7.34. The van der Waals surface area contributed by atoms with Crippen molar-refractivity contribution in [1.29, 1.82) is 0 Å². The van der Waals surface area contributed by atoms with Gasteiger partial charge in [0.05, 0.1) is 0 Å². The smallest absolute Gasteiger partial charge is 0.209 e. The highest BCUT2D eigenvalue weighted by molar-refractivity contribution is 7.99. The van der Waals surface area contributed by atoms with Gasteiger partial charge in [-0.15, -0.1) is 5.10 Å². The number of aldehydes is 1. The maximum absolute atomic E-state index is 10.0. The van der Waals surface area contributed by atoms with Gasteiger partial charge in [-0.1, -0.05) is 11.8 Å². The Hall–Kier alpha value is -0.950. The van der Waals surface area contributed by atoms with Crippen molar-refractivity contribution in [2.24, 2.45) is 7.05 Å². The summed E-state index contributed by atoms with van der Waals surface area (Å²) in [5.74, 6) is 0.975. The lowest BCUT2D eigenvalue weighted by Gasteiger charge is -2.01. The third-order valence-electron chi connectivity index (χ3n) is 1.75. The van der Waals surface area contributed by atoms with Crippen LogP contribution in [0.2, 0.25) is 0 Å². The predicted octanol–water partition coefficient (Wildman–Crippen LogP) is -0.129. The lowest BCUT2D eigenvalue weighted by molar-refractivity contribution is -0.107. The van der Waals surface area contributed by atoms with Crippen LogP contribution in [0.5, 0.6) is 0 Å². The van der Waals surface area contributed by atoms with E-state index in [0.29, 0.717) is 6.42 Å². The molecule has 1 aromatic rings. The summed E-state index contributed by atoms with van der Waals surface area (Å²) >= 11 is 1.63. The highest BCUT2D eigenvalue weighted by Gasteiger charge is 2.01. The fourth-order valence-electron chi connectivity index (χ4n) is 0.990. The molecule has 0 fully saturated rings. The minimum atomic E-state index is 0.584. The number of rotatable bonds is 8. The summed E-state index contributed by atoms with van der Waals surface area (Å²) in [5.41, 5.74) is 0. The van der Waals surface area contributed by atoms with Crippen molar-refractivity contribution in [2.45, 2.75) is 18.0 Å². The third-order valence-corrected chi connectivity index (χ3v) is 2.85. The Bertz CT molecular complexity index is 290. The molecule has 0 atom stereocenters. The molecule has 0 aliphatic carbocycles. The minimum absolute atomic E-state index is 0.584. The number of nitrogens with one attached hydrogen (secondary N) is 1. The van der Waals surface area contributed by atoms with E-state index in [-0.39, 0.29) is 0 Å². The first-order valence-corrected chi connectivity index (χ1v) is 5.82. The quantitative estimate of drug-likeness (QED) is 0.380. The van der Waals surface area contributed by atoms with Crippen LogP contribution in [-0.4, -0.2) is 45.3 Å². The molecule has 0 bridgehead atoms. The van der Waals surface area contributed by atoms with Gasteiger partial charge in [-0.2, -0.15) is 0 Å². The Kier molecular flexibility index (Phi) is 5.94. The van der Waals surface area contributed by atoms with E-state index in [2.05, 4.69) is 20.8 Å². The number of carbonyl (C=O) groups excluding carboxylic acids is 1. The number of hydrogen-bond acceptors (Lipinski definition) is 6. The number of hydrogen-bond donors (Lipinski definition) is 1. The Morgan fingerprint density at radius 1 is 1.53 bits per heavy atom. The molecule has 84 valence electrons. The lowest BCUT2D eigenvalue weighted by Crippen LogP contribution is -2.17. The van der Waals surface area contributed by atoms with Crippen LogP contribution in [-0.2, 0) is 11.8 Å². The molecule has 7 heteroatoms. The molecular formula is C8H15N5OS. The number of aryl methyl sites for hydroxylation is 1. The molecule has 1 rings (SSSR count). The Balaban J connectivity index is 1.98. The second-order valence-corrected chi connectivity index (χ2v) is 4.05. The molecule has 0 aliphatic rings. The molecule has 0 radical (unpaired) electrons. The minimum Gasteiger partial charge on any atom is -0.316 e. The molecule has 6 nitrogen and oxygen atoms in total. The van der Waals surface area contributed by atoms with E-state index < -0.39 is 0 Å². The lowest BCUT2D eigenvalue weighted by atomic mass is 10.4. The van der Waals surface area contributed by atoms with Gasteiger partial charge in [-0.25, -0.2) is 4.68 Å². The monoisotopic (exact) mass is 229 g/mol. The number of tetrazole rings is 1. The summed E-state index contributed by atoms with van der Waals surface area (Å²) in [5, 5.41) is 15.2. The zero-order valence-corrected chi connectivity index (χ0v) is 9.53. The van der Waals surface area contributed by atoms with E-state index in [4.69, 9.17) is 0 Å². The van der Waals surface area contributed by atoms with Crippen LogP contribution in [0.1, 0.15) is 12.8 Å². The maximum atomic E-state index is 10.0. The molecule has 0 aliphatic heterocycles. The van der Waals surface area contributed by atoms with Gasteiger partial charge in [0.1, 0.15) is 6.29 Å². The van der Waals surface area contributed by atoms with E-state index >= 15 is 0 Å². The number of nitrogens with zero attached hydrogens (tertiary/aromatic N) is 4. The first-order valence-electron chi connectivity index (χ1n) is 4.84. The summed E-state index contributed by atoms with van der Waals surface area (Å²) in [6.07, 6.45) is 2.55. The normalized spacial score (nSPS) is 10.5. The van der Waals surface area contributed by atoms with Gasteiger partial charge < -0.3 is 10.1 Å². The summed E-state index contributed by atoms with van der Waals surface area (Å²) < 4.78 is 1.66. The Morgan fingerprint density at radius 2 is 2.40 bits per heavy atom. The van der Waals surface area contributed by atoms with Crippen LogP contribution in [0, 0.1) is 0 Å². The van der Waals surface area contributed by atoms with Gasteiger partial charge in [0.2, 0.25) is 5.16 Å². The zero-order chi connectivity index (χ0) is 10.9. The third kappa shape index (κ3) is 4.89. The largest absolute Gasteiger partial charge is 0.316 e. The van der Waals surface area contributed by atoms with Crippen LogP contribution < -0.4 is 5.32 Å². The fraction of sp³-hybridized carbons (Fsp3) is 0.750. The molecule has 0 amide bonds. The van der Waals surface area contributed by atoms with Crippen LogP contribution in [0.25, 0.3) is 0 Å². The first kappa shape index (κ1) is 12.1. The molecule has 0 saturated carbocycles. The second kappa shape index (κ2) is 7.36. The van der Waals surface area contributed by atoms with Gasteiger partial charge in [0, 0.05) is 25.8 Å². The van der Waals surface area contributed by atoms with E-state index in [1.807, 2.05) is 7.05 Å². The maximum Gasteiger partial charge on any atom is 0.209 e. The summed E-state index contributed by atoms with van der Waals surface area (Å²) in [7, 11) is 1.82. The molecule has 15 heavy (non-hydrogen) atoms. The highest BCUT2D eigenvalue weighted by Crippen LogP contribution is 2.12. The molecule has 0 saturated heterocycles. The average molecular weight is 229 g/mol. The Morgan fingerprint density at radius 3 is 3.07 bits per heavy atom. The molecule has 1 N–H and O–H groups in total. The van der Waals surface area contributed by atoms with Gasteiger partial charge in [0.25, 0.3) is 0 Å². The number of carbonyl (C=O) groups is 1. The highest BCUT2D eigenvalue weighted by atomic mass is 32.2. The predicted molar refractivity (Wildman–Crippen MR) is 57.7 cm³/mol. The molecule has 1 aromatic heterocycles. The van der Waals surface area contributed by atoms with Crippen molar-refractivity contribution in [3.63, 3.8) is 0 Å². The van der Waals surface area contributed by atoms with Crippen molar-refractivity contribution in [1.82, 2.24) is 25.5 Å². The van der Waals surface area contributed by atoms with Gasteiger partial charge >= 0.3 is 0 Å². The van der Waals surface area contributed by atoms with Gasteiger partial charge in [0.15, 0.2) is 0 Å². The van der Waals surface area contributed by atoms with Crippen molar-refractivity contribution >= 4 is 18.0 Å². The molecule has 0 unspecified atom stereocenters. The van der Waals surface area contributed by atoms with E-state index in [9.17, 15) is 4.79 Å². The average Bonchev–Trinajstić information content (AvgIpc) is 2.63. The molecule has 0 spiro atoms. The zero-order valence-electron chi connectivity index (χ0n) is 8.72. The number of thioether (sulfide) groups is 1. The Labute approximate surface area is 92.8 Å². The fourth-order valence-corrected chi connectivity index (χ4v) is 1.78. The van der Waals surface area contributed by atoms with Crippen molar-refractivity contribution in [2.75, 3.05) is 18.8 Å². The topological polar surface area (TPSA) is 72.7 Å². The summed E-state index contributed by atoms with van der Waals surface area (Å²) in [4.78, 5) is 10.0. The molecule has 0 aromatic carbocycles. The van der Waals surface area contributed by atoms with Crippen LogP contribution in [0.3, 0.4) is 0 Å². The van der Waals surface area contributed by atoms with Gasteiger partial charge in [-0.3, -0.25) is 0 Å². The second-order valence-electron chi connectivity index (χ2n) is 2.99. The molecule has 1 heterocycles. The van der Waals surface area contributed by atoms with Crippen molar-refractivity contribution in [3.8, 4) is 0 Å². The van der Waals surface area contributed by atoms with E-state index in [0.717, 1.165) is 36.7 Å². The van der Waals surface area contributed by atoms with Crippen LogP contribution in [0.4, 0.5) is 0 Å². The summed E-state index contributed by atoms with van der Waals surface area (Å²) in [6, 6.07) is 0. The molecular weight excluding hydrogens is 214 g/mol. The number of aromatic nitrogens is 4. The van der Waals surface area contributed by atoms with Crippen LogP contribution >= 0.6 is 11.8 Å². The van der Waals surface area contributed by atoms with E-state index in [1.54, 1.807) is 16.4 Å². The van der Waals surface area contributed by atoms with E-state index in [1.165, 1.54) is 0 Å².